The number of oxazole rings is 1. The zero-order valence-corrected chi connectivity index (χ0v) is 15.4. The van der Waals surface area contributed by atoms with Gasteiger partial charge in [0.15, 0.2) is 15.7 Å². The van der Waals surface area contributed by atoms with Gasteiger partial charge in [0, 0.05) is 43.4 Å². The fourth-order valence-electron chi connectivity index (χ4n) is 2.81. The summed E-state index contributed by atoms with van der Waals surface area (Å²) < 4.78 is 28.6. The maximum absolute atomic E-state index is 12.3. The molecule has 0 spiro atoms. The molecule has 0 unspecified atom stereocenters. The number of hydrogen-bond acceptors (Lipinski definition) is 5. The Hall–Kier alpha value is -1.86. The van der Waals surface area contributed by atoms with E-state index in [0.29, 0.717) is 28.8 Å². The highest BCUT2D eigenvalue weighted by molar-refractivity contribution is 7.91. The molecule has 1 saturated heterocycles. The smallest absolute Gasteiger partial charge is 0.223 e. The molecule has 1 aliphatic rings. The molecule has 0 radical (unpaired) electrons. The highest BCUT2D eigenvalue weighted by atomic mass is 35.5. The van der Waals surface area contributed by atoms with Gasteiger partial charge in [-0.05, 0) is 12.1 Å². The highest BCUT2D eigenvalue weighted by Crippen LogP contribution is 2.26. The van der Waals surface area contributed by atoms with Crippen molar-refractivity contribution < 1.29 is 17.6 Å². The third-order valence-electron chi connectivity index (χ3n) is 4.18. The summed E-state index contributed by atoms with van der Waals surface area (Å²) >= 11 is 5.92. The van der Waals surface area contributed by atoms with E-state index in [1.54, 1.807) is 24.0 Å². The highest BCUT2D eigenvalue weighted by Gasteiger charge is 2.25. The predicted molar refractivity (Wildman–Crippen MR) is 95.2 cm³/mol. The van der Waals surface area contributed by atoms with Crippen LogP contribution in [-0.4, -0.2) is 48.8 Å². The van der Waals surface area contributed by atoms with E-state index in [9.17, 15) is 13.2 Å². The SMILES string of the molecule is Cc1nc(-c2ccc(Cl)cc2)c(CCC(=O)N2CCS(=O)(=O)CC2)o1. The zero-order chi connectivity index (χ0) is 18.0. The largest absolute Gasteiger partial charge is 0.445 e. The van der Waals surface area contributed by atoms with Gasteiger partial charge in [0.05, 0.1) is 11.5 Å². The first-order chi connectivity index (χ1) is 11.8. The first kappa shape index (κ1) is 17.9. The van der Waals surface area contributed by atoms with Gasteiger partial charge in [0.1, 0.15) is 11.5 Å². The lowest BCUT2D eigenvalue weighted by molar-refractivity contribution is -0.130. The normalized spacial score (nSPS) is 16.8. The number of nitrogens with zero attached hydrogens (tertiary/aromatic N) is 2. The minimum Gasteiger partial charge on any atom is -0.445 e. The maximum atomic E-state index is 12.3. The van der Waals surface area contributed by atoms with Crippen molar-refractivity contribution in [3.8, 4) is 11.3 Å². The molecule has 2 aromatic rings. The van der Waals surface area contributed by atoms with Crippen LogP contribution in [-0.2, 0) is 21.1 Å². The summed E-state index contributed by atoms with van der Waals surface area (Å²) in [5.74, 6) is 1.20. The fraction of sp³-hybridized carbons (Fsp3) is 0.412. The van der Waals surface area contributed by atoms with Crippen molar-refractivity contribution in [1.82, 2.24) is 9.88 Å². The first-order valence-electron chi connectivity index (χ1n) is 8.04. The molecule has 25 heavy (non-hydrogen) atoms. The lowest BCUT2D eigenvalue weighted by atomic mass is 10.1. The number of aryl methyl sites for hydroxylation is 2. The topological polar surface area (TPSA) is 80.5 Å². The van der Waals surface area contributed by atoms with Gasteiger partial charge in [-0.25, -0.2) is 13.4 Å². The van der Waals surface area contributed by atoms with Gasteiger partial charge in [-0.3, -0.25) is 4.79 Å². The van der Waals surface area contributed by atoms with Crippen LogP contribution in [0.25, 0.3) is 11.3 Å². The van der Waals surface area contributed by atoms with Crippen molar-refractivity contribution in [2.45, 2.75) is 19.8 Å². The third-order valence-corrected chi connectivity index (χ3v) is 6.05. The number of rotatable bonds is 4. The van der Waals surface area contributed by atoms with E-state index in [2.05, 4.69) is 4.98 Å². The standard InChI is InChI=1S/C17H19ClN2O4S/c1-12-19-17(13-2-4-14(18)5-3-13)15(24-12)6-7-16(21)20-8-10-25(22,23)11-9-20/h2-5H,6-11H2,1H3. The van der Waals surface area contributed by atoms with Gasteiger partial charge in [-0.15, -0.1) is 0 Å². The van der Waals surface area contributed by atoms with Crippen molar-refractivity contribution >= 4 is 27.3 Å². The van der Waals surface area contributed by atoms with Crippen molar-refractivity contribution in [2.24, 2.45) is 0 Å². The number of amides is 1. The Balaban J connectivity index is 1.67. The van der Waals surface area contributed by atoms with Crippen LogP contribution in [0.3, 0.4) is 0 Å². The van der Waals surface area contributed by atoms with E-state index in [1.807, 2.05) is 12.1 Å². The summed E-state index contributed by atoms with van der Waals surface area (Å²) in [6.07, 6.45) is 0.677. The summed E-state index contributed by atoms with van der Waals surface area (Å²) in [7, 11) is -2.99. The van der Waals surface area contributed by atoms with Crippen LogP contribution in [0, 0.1) is 6.92 Å². The van der Waals surface area contributed by atoms with Gasteiger partial charge < -0.3 is 9.32 Å². The van der Waals surface area contributed by atoms with E-state index in [1.165, 1.54) is 0 Å². The number of carbonyl (C=O) groups is 1. The molecule has 0 bridgehead atoms. The molecule has 0 atom stereocenters. The van der Waals surface area contributed by atoms with Crippen molar-refractivity contribution in [2.75, 3.05) is 24.6 Å². The Morgan fingerprint density at radius 1 is 1.24 bits per heavy atom. The molecule has 134 valence electrons. The Bertz CT molecular complexity index is 861. The van der Waals surface area contributed by atoms with Crippen LogP contribution in [0.1, 0.15) is 18.1 Å². The van der Waals surface area contributed by atoms with Crippen LogP contribution in [0.5, 0.6) is 0 Å². The first-order valence-corrected chi connectivity index (χ1v) is 10.2. The molecule has 0 N–H and O–H groups in total. The Labute approximate surface area is 151 Å². The zero-order valence-electron chi connectivity index (χ0n) is 13.9. The molecule has 1 fully saturated rings. The van der Waals surface area contributed by atoms with E-state index in [-0.39, 0.29) is 36.9 Å². The minimum absolute atomic E-state index is 0.0379. The second-order valence-corrected chi connectivity index (χ2v) is 8.78. The average molecular weight is 383 g/mol. The molecule has 8 heteroatoms. The molecule has 1 amide bonds. The van der Waals surface area contributed by atoms with E-state index < -0.39 is 9.84 Å². The van der Waals surface area contributed by atoms with Crippen molar-refractivity contribution in [1.29, 1.82) is 0 Å². The number of sulfone groups is 1. The van der Waals surface area contributed by atoms with Crippen LogP contribution in [0.4, 0.5) is 0 Å². The van der Waals surface area contributed by atoms with Gasteiger partial charge in [-0.1, -0.05) is 23.7 Å². The number of aromatic nitrogens is 1. The molecule has 2 heterocycles. The van der Waals surface area contributed by atoms with E-state index >= 15 is 0 Å². The average Bonchev–Trinajstić information content (AvgIpc) is 2.94. The van der Waals surface area contributed by atoms with Gasteiger partial charge in [0.2, 0.25) is 5.91 Å². The summed E-state index contributed by atoms with van der Waals surface area (Å²) in [6, 6.07) is 7.29. The Kier molecular flexibility index (Phi) is 5.15. The van der Waals surface area contributed by atoms with Crippen molar-refractivity contribution in [3.05, 3.63) is 40.9 Å². The molecule has 1 aliphatic heterocycles. The fourth-order valence-corrected chi connectivity index (χ4v) is 4.14. The van der Waals surface area contributed by atoms with Gasteiger partial charge >= 0.3 is 0 Å². The number of carbonyl (C=O) groups excluding carboxylic acids is 1. The molecule has 1 aromatic carbocycles. The van der Waals surface area contributed by atoms with Crippen LogP contribution < -0.4 is 0 Å². The molecular formula is C17H19ClN2O4S. The van der Waals surface area contributed by atoms with Crippen molar-refractivity contribution in [3.63, 3.8) is 0 Å². The second-order valence-electron chi connectivity index (χ2n) is 6.04. The second kappa shape index (κ2) is 7.17. The molecule has 1 aromatic heterocycles. The van der Waals surface area contributed by atoms with Gasteiger partial charge in [0.25, 0.3) is 0 Å². The van der Waals surface area contributed by atoms with Crippen LogP contribution >= 0.6 is 11.6 Å². The molecule has 0 saturated carbocycles. The molecule has 6 nitrogen and oxygen atoms in total. The number of benzene rings is 1. The minimum atomic E-state index is -2.99. The molecular weight excluding hydrogens is 364 g/mol. The number of halogens is 1. The summed E-state index contributed by atoms with van der Waals surface area (Å²) in [6.45, 7) is 2.29. The predicted octanol–water partition coefficient (Wildman–Crippen LogP) is 2.49. The van der Waals surface area contributed by atoms with Gasteiger partial charge in [-0.2, -0.15) is 0 Å². The van der Waals surface area contributed by atoms with Crippen LogP contribution in [0.15, 0.2) is 28.7 Å². The molecule has 3 rings (SSSR count). The summed E-state index contributed by atoms with van der Waals surface area (Å²) in [5.41, 5.74) is 1.59. The third kappa shape index (κ3) is 4.41. The van der Waals surface area contributed by atoms with Crippen LogP contribution in [0.2, 0.25) is 5.02 Å². The quantitative estimate of drug-likeness (QED) is 0.811. The Morgan fingerprint density at radius 3 is 2.52 bits per heavy atom. The van der Waals surface area contributed by atoms with E-state index in [0.717, 1.165) is 5.56 Å². The monoisotopic (exact) mass is 382 g/mol. The lowest BCUT2D eigenvalue weighted by Crippen LogP contribution is -2.43. The number of hydrogen-bond donors (Lipinski definition) is 0. The summed E-state index contributed by atoms with van der Waals surface area (Å²) in [5, 5.41) is 0.640. The maximum Gasteiger partial charge on any atom is 0.223 e. The lowest BCUT2D eigenvalue weighted by Gasteiger charge is -2.26. The Morgan fingerprint density at radius 2 is 1.88 bits per heavy atom. The summed E-state index contributed by atoms with van der Waals surface area (Å²) in [4.78, 5) is 18.3. The molecule has 0 aliphatic carbocycles. The van der Waals surface area contributed by atoms with E-state index in [4.69, 9.17) is 16.0 Å².